The highest BCUT2D eigenvalue weighted by atomic mass is 35.5. The van der Waals surface area contributed by atoms with Crippen molar-refractivity contribution in [2.75, 3.05) is 19.6 Å². The molecule has 3 rings (SSSR count). The fourth-order valence-electron chi connectivity index (χ4n) is 3.30. The van der Waals surface area contributed by atoms with Gasteiger partial charge in [0.1, 0.15) is 0 Å². The maximum Gasteiger partial charge on any atom is 0.243 e. The Bertz CT molecular complexity index is 887. The third kappa shape index (κ3) is 4.92. The van der Waals surface area contributed by atoms with Crippen LogP contribution in [0.15, 0.2) is 41.4 Å². The first-order valence-electron chi connectivity index (χ1n) is 9.40. The maximum absolute atomic E-state index is 12.6. The minimum Gasteiger partial charge on any atom is -0.356 e. The van der Waals surface area contributed by atoms with Crippen LogP contribution >= 0.6 is 11.6 Å². The molecule has 0 unspecified atom stereocenters. The van der Waals surface area contributed by atoms with Gasteiger partial charge in [0.25, 0.3) is 0 Å². The second-order valence-corrected chi connectivity index (χ2v) is 9.31. The first-order valence-corrected chi connectivity index (χ1v) is 11.2. The molecule has 1 aliphatic heterocycles. The molecule has 0 spiro atoms. The number of piperidine rings is 1. The summed E-state index contributed by atoms with van der Waals surface area (Å²) in [6, 6.07) is 8.42. The fraction of sp³-hybridized carbons (Fsp3) is 0.474. The third-order valence-electron chi connectivity index (χ3n) is 4.96. The molecule has 1 aliphatic rings. The van der Waals surface area contributed by atoms with Crippen molar-refractivity contribution in [3.05, 3.63) is 47.2 Å². The van der Waals surface area contributed by atoms with Crippen molar-refractivity contribution in [2.24, 2.45) is 5.92 Å². The summed E-state index contributed by atoms with van der Waals surface area (Å²) in [6.45, 7) is 3.81. The Morgan fingerprint density at radius 1 is 1.25 bits per heavy atom. The molecule has 2 heterocycles. The molecule has 1 aromatic carbocycles. The molecule has 1 fully saturated rings. The van der Waals surface area contributed by atoms with E-state index in [1.54, 1.807) is 41.2 Å². The molecule has 0 atom stereocenters. The Morgan fingerprint density at radius 2 is 1.93 bits per heavy atom. The van der Waals surface area contributed by atoms with Gasteiger partial charge in [-0.3, -0.25) is 9.48 Å². The van der Waals surface area contributed by atoms with E-state index in [2.05, 4.69) is 10.4 Å². The molecule has 0 aliphatic carbocycles. The van der Waals surface area contributed by atoms with Crippen molar-refractivity contribution in [1.29, 1.82) is 0 Å². The van der Waals surface area contributed by atoms with Crippen LogP contribution in [0, 0.1) is 12.8 Å². The van der Waals surface area contributed by atoms with E-state index in [0.717, 1.165) is 12.1 Å². The van der Waals surface area contributed by atoms with Crippen molar-refractivity contribution in [3.63, 3.8) is 0 Å². The van der Waals surface area contributed by atoms with Crippen LogP contribution in [0.4, 0.5) is 0 Å². The lowest BCUT2D eigenvalue weighted by molar-refractivity contribution is -0.126. The molecule has 152 valence electrons. The maximum atomic E-state index is 12.6. The summed E-state index contributed by atoms with van der Waals surface area (Å²) >= 11 is 5.98. The molecule has 1 aromatic heterocycles. The smallest absolute Gasteiger partial charge is 0.243 e. The summed E-state index contributed by atoms with van der Waals surface area (Å²) < 4.78 is 28.5. The topological polar surface area (TPSA) is 84.3 Å². The largest absolute Gasteiger partial charge is 0.356 e. The van der Waals surface area contributed by atoms with Gasteiger partial charge in [0.2, 0.25) is 15.9 Å². The van der Waals surface area contributed by atoms with Crippen LogP contribution in [0.1, 0.15) is 25.0 Å². The second kappa shape index (κ2) is 9.07. The SMILES string of the molecule is Cc1nn(CCCNC(=O)C2CCN(S(=O)(=O)c3ccccc3)CC2)cc1Cl. The van der Waals surface area contributed by atoms with Gasteiger partial charge in [0.05, 0.1) is 15.6 Å². The van der Waals surface area contributed by atoms with Gasteiger partial charge in [-0.1, -0.05) is 29.8 Å². The Labute approximate surface area is 170 Å². The van der Waals surface area contributed by atoms with Crippen LogP contribution in [-0.2, 0) is 21.4 Å². The van der Waals surface area contributed by atoms with Crippen LogP contribution in [0.2, 0.25) is 5.02 Å². The number of carbonyl (C=O) groups is 1. The van der Waals surface area contributed by atoms with Crippen molar-refractivity contribution < 1.29 is 13.2 Å². The Balaban J connectivity index is 1.42. The van der Waals surface area contributed by atoms with Gasteiger partial charge in [-0.25, -0.2) is 8.42 Å². The highest BCUT2D eigenvalue weighted by Gasteiger charge is 2.31. The van der Waals surface area contributed by atoms with Crippen LogP contribution < -0.4 is 5.32 Å². The molecule has 2 aromatic rings. The summed E-state index contributed by atoms with van der Waals surface area (Å²) in [5.74, 6) is -0.157. The van der Waals surface area contributed by atoms with Crippen LogP contribution in [0.5, 0.6) is 0 Å². The van der Waals surface area contributed by atoms with Gasteiger partial charge in [0.15, 0.2) is 0 Å². The van der Waals surface area contributed by atoms with E-state index in [1.165, 1.54) is 4.31 Å². The molecular formula is C19H25ClN4O3S. The first kappa shape index (κ1) is 20.8. The fourth-order valence-corrected chi connectivity index (χ4v) is 4.95. The number of nitrogens with one attached hydrogen (secondary N) is 1. The number of aryl methyl sites for hydroxylation is 2. The summed E-state index contributed by atoms with van der Waals surface area (Å²) in [4.78, 5) is 12.7. The number of hydrogen-bond acceptors (Lipinski definition) is 4. The Hall–Kier alpha value is -1.90. The van der Waals surface area contributed by atoms with Gasteiger partial charge >= 0.3 is 0 Å². The molecule has 7 nitrogen and oxygen atoms in total. The second-order valence-electron chi connectivity index (χ2n) is 6.96. The summed E-state index contributed by atoms with van der Waals surface area (Å²) in [5.41, 5.74) is 0.794. The zero-order valence-corrected chi connectivity index (χ0v) is 17.4. The molecule has 28 heavy (non-hydrogen) atoms. The Morgan fingerprint density at radius 3 is 2.54 bits per heavy atom. The monoisotopic (exact) mass is 424 g/mol. The van der Waals surface area contributed by atoms with Crippen molar-refractivity contribution in [2.45, 2.75) is 37.6 Å². The standard InChI is InChI=1S/C19H25ClN4O3S/c1-15-18(20)14-23(22-15)11-5-10-21-19(25)16-8-12-24(13-9-16)28(26,27)17-6-3-2-4-7-17/h2-4,6-7,14,16H,5,8-13H2,1H3,(H,21,25). The van der Waals surface area contributed by atoms with Gasteiger partial charge in [-0.15, -0.1) is 0 Å². The lowest BCUT2D eigenvalue weighted by Crippen LogP contribution is -2.43. The average molecular weight is 425 g/mol. The lowest BCUT2D eigenvalue weighted by Gasteiger charge is -2.30. The summed E-state index contributed by atoms with van der Waals surface area (Å²) in [7, 11) is -3.48. The van der Waals surface area contributed by atoms with Gasteiger partial charge < -0.3 is 5.32 Å². The molecule has 9 heteroatoms. The third-order valence-corrected chi connectivity index (χ3v) is 7.24. The number of hydrogen-bond donors (Lipinski definition) is 1. The van der Waals surface area contributed by atoms with E-state index < -0.39 is 10.0 Å². The van der Waals surface area contributed by atoms with Gasteiger partial charge in [0, 0.05) is 38.3 Å². The van der Waals surface area contributed by atoms with E-state index in [1.807, 2.05) is 6.92 Å². The highest BCUT2D eigenvalue weighted by Crippen LogP contribution is 2.23. The van der Waals surface area contributed by atoms with Gasteiger partial charge in [-0.05, 0) is 38.3 Å². The van der Waals surface area contributed by atoms with Crippen LogP contribution in [-0.4, -0.2) is 48.0 Å². The number of benzene rings is 1. The minimum atomic E-state index is -3.48. The number of halogens is 1. The number of sulfonamides is 1. The first-order chi connectivity index (χ1) is 13.4. The Kier molecular flexibility index (Phi) is 6.74. The van der Waals surface area contributed by atoms with Crippen LogP contribution in [0.3, 0.4) is 0 Å². The summed E-state index contributed by atoms with van der Waals surface area (Å²) in [5, 5.41) is 7.87. The zero-order valence-electron chi connectivity index (χ0n) is 15.8. The van der Waals surface area contributed by atoms with E-state index >= 15 is 0 Å². The molecule has 1 saturated heterocycles. The molecular weight excluding hydrogens is 400 g/mol. The predicted octanol–water partition coefficient (Wildman–Crippen LogP) is 2.45. The number of carbonyl (C=O) groups excluding carboxylic acids is 1. The van der Waals surface area contributed by atoms with Crippen molar-refractivity contribution in [3.8, 4) is 0 Å². The van der Waals surface area contributed by atoms with E-state index in [0.29, 0.717) is 48.9 Å². The van der Waals surface area contributed by atoms with E-state index in [9.17, 15) is 13.2 Å². The lowest BCUT2D eigenvalue weighted by atomic mass is 9.97. The number of nitrogens with zero attached hydrogens (tertiary/aromatic N) is 3. The number of amides is 1. The average Bonchev–Trinajstić information content (AvgIpc) is 3.03. The molecule has 1 amide bonds. The molecule has 0 bridgehead atoms. The molecule has 0 radical (unpaired) electrons. The van der Waals surface area contributed by atoms with Gasteiger partial charge in [-0.2, -0.15) is 9.40 Å². The quantitative estimate of drug-likeness (QED) is 0.692. The number of rotatable bonds is 7. The number of aromatic nitrogens is 2. The van der Waals surface area contributed by atoms with E-state index in [-0.39, 0.29) is 11.8 Å². The zero-order chi connectivity index (χ0) is 20.1. The molecule has 0 saturated carbocycles. The molecule has 1 N–H and O–H groups in total. The van der Waals surface area contributed by atoms with Crippen LogP contribution in [0.25, 0.3) is 0 Å². The summed E-state index contributed by atoms with van der Waals surface area (Å²) in [6.07, 6.45) is 3.60. The van der Waals surface area contributed by atoms with Crippen molar-refractivity contribution in [1.82, 2.24) is 19.4 Å². The highest BCUT2D eigenvalue weighted by molar-refractivity contribution is 7.89. The van der Waals surface area contributed by atoms with Crippen molar-refractivity contribution >= 4 is 27.5 Å². The predicted molar refractivity (Wildman–Crippen MR) is 108 cm³/mol. The normalized spacial score (nSPS) is 16.2. The minimum absolute atomic E-state index is 0.00793. The van der Waals surface area contributed by atoms with E-state index in [4.69, 9.17) is 11.6 Å².